The second kappa shape index (κ2) is 14.6. The Balaban J connectivity index is 1.34. The fourth-order valence-corrected chi connectivity index (χ4v) is 6.72. The van der Waals surface area contributed by atoms with E-state index < -0.39 is 53.2 Å². The number of hydrogen-bond donors (Lipinski definition) is 3. The van der Waals surface area contributed by atoms with E-state index in [1.54, 1.807) is 40.0 Å². The minimum absolute atomic E-state index is 0.0204. The van der Waals surface area contributed by atoms with Crippen molar-refractivity contribution in [3.63, 3.8) is 0 Å². The summed E-state index contributed by atoms with van der Waals surface area (Å²) in [5, 5.41) is 16.3. The van der Waals surface area contributed by atoms with Crippen LogP contribution in [0.1, 0.15) is 46.5 Å². The third-order valence-electron chi connectivity index (χ3n) is 9.36. The zero-order valence-corrected chi connectivity index (χ0v) is 29.2. The number of aliphatic carboxylic acids is 1. The summed E-state index contributed by atoms with van der Waals surface area (Å²) in [5.74, 6) is -1.45. The summed E-state index contributed by atoms with van der Waals surface area (Å²) in [6.07, 6.45) is 3.70. The van der Waals surface area contributed by atoms with Gasteiger partial charge < -0.3 is 39.6 Å². The maximum atomic E-state index is 14.3. The van der Waals surface area contributed by atoms with Crippen LogP contribution in [-0.4, -0.2) is 95.1 Å². The minimum atomic E-state index is -1.42. The molecule has 0 spiro atoms. The SMILES string of the molecule is COc1ccc2c(O[C@@H]3C[C@H]4C(=O)N[C@]5(C(=O)O)CC5CC/C=C\COC[C@H](NC(=O)OC(C)(C)C)C(=O)N4C3)cc(-c3ccccc3)nc2c1. The summed E-state index contributed by atoms with van der Waals surface area (Å²) < 4.78 is 23.3. The minimum Gasteiger partial charge on any atom is -0.497 e. The van der Waals surface area contributed by atoms with Gasteiger partial charge in [-0.25, -0.2) is 14.6 Å². The van der Waals surface area contributed by atoms with Crippen LogP contribution in [0.3, 0.4) is 0 Å². The van der Waals surface area contributed by atoms with Crippen molar-refractivity contribution in [1.82, 2.24) is 20.5 Å². The van der Waals surface area contributed by atoms with Crippen molar-refractivity contribution in [3.05, 3.63) is 66.7 Å². The maximum absolute atomic E-state index is 14.3. The van der Waals surface area contributed by atoms with Crippen LogP contribution in [0.25, 0.3) is 22.2 Å². The molecule has 270 valence electrons. The number of alkyl carbamates (subject to hydrolysis) is 1. The third kappa shape index (κ3) is 8.09. The zero-order chi connectivity index (χ0) is 36.3. The van der Waals surface area contributed by atoms with Gasteiger partial charge >= 0.3 is 12.1 Å². The number of pyridine rings is 1. The molecule has 1 saturated carbocycles. The quantitative estimate of drug-likeness (QED) is 0.312. The molecule has 0 bridgehead atoms. The van der Waals surface area contributed by atoms with Crippen LogP contribution < -0.4 is 20.1 Å². The normalized spacial score (nSPS) is 26.1. The van der Waals surface area contributed by atoms with Crippen LogP contribution >= 0.6 is 0 Å². The largest absolute Gasteiger partial charge is 0.497 e. The Hall–Kier alpha value is -5.17. The van der Waals surface area contributed by atoms with Gasteiger partial charge in [0.05, 0.1) is 38.1 Å². The number of nitrogens with one attached hydrogen (secondary N) is 2. The van der Waals surface area contributed by atoms with Crippen LogP contribution in [0.4, 0.5) is 4.79 Å². The lowest BCUT2D eigenvalue weighted by Crippen LogP contribution is -2.57. The number of carboxylic acid groups (broad SMARTS) is 1. The molecule has 6 rings (SSSR count). The number of carbonyl (C=O) groups is 4. The number of carboxylic acids is 1. The van der Waals surface area contributed by atoms with Crippen LogP contribution in [0, 0.1) is 5.92 Å². The highest BCUT2D eigenvalue weighted by molar-refractivity contribution is 5.96. The molecule has 1 unspecified atom stereocenters. The lowest BCUT2D eigenvalue weighted by atomic mass is 10.1. The Morgan fingerprint density at radius 2 is 1.88 bits per heavy atom. The van der Waals surface area contributed by atoms with Crippen molar-refractivity contribution in [2.75, 3.05) is 26.9 Å². The Morgan fingerprint density at radius 1 is 1.10 bits per heavy atom. The highest BCUT2D eigenvalue weighted by Crippen LogP contribution is 2.47. The predicted octanol–water partition coefficient (Wildman–Crippen LogP) is 4.48. The number of hydrogen-bond acceptors (Lipinski definition) is 9. The van der Waals surface area contributed by atoms with Gasteiger partial charge in [-0.2, -0.15) is 0 Å². The van der Waals surface area contributed by atoms with E-state index in [2.05, 4.69) is 10.6 Å². The smallest absolute Gasteiger partial charge is 0.408 e. The van der Waals surface area contributed by atoms with E-state index in [9.17, 15) is 24.3 Å². The van der Waals surface area contributed by atoms with E-state index in [1.165, 1.54) is 4.90 Å². The van der Waals surface area contributed by atoms with Gasteiger partial charge in [0.25, 0.3) is 0 Å². The Morgan fingerprint density at radius 3 is 2.61 bits per heavy atom. The van der Waals surface area contributed by atoms with Crippen molar-refractivity contribution in [2.45, 2.75) is 75.8 Å². The number of methoxy groups -OCH3 is 1. The zero-order valence-electron chi connectivity index (χ0n) is 29.2. The molecule has 0 radical (unpaired) electrons. The molecule has 2 aromatic carbocycles. The van der Waals surface area contributed by atoms with Gasteiger partial charge in [-0.05, 0) is 58.1 Å². The molecule has 13 heteroatoms. The molecule has 1 aromatic heterocycles. The summed E-state index contributed by atoms with van der Waals surface area (Å²) in [6.45, 7) is 5.09. The number of amides is 3. The number of benzene rings is 2. The molecule has 1 saturated heterocycles. The van der Waals surface area contributed by atoms with Gasteiger partial charge in [0.2, 0.25) is 11.8 Å². The molecule has 13 nitrogen and oxygen atoms in total. The maximum Gasteiger partial charge on any atom is 0.408 e. The summed E-state index contributed by atoms with van der Waals surface area (Å²) in [7, 11) is 1.58. The number of aromatic nitrogens is 1. The summed E-state index contributed by atoms with van der Waals surface area (Å²) >= 11 is 0. The van der Waals surface area contributed by atoms with E-state index in [-0.39, 0.29) is 38.5 Å². The first-order chi connectivity index (χ1) is 24.4. The molecule has 2 fully saturated rings. The van der Waals surface area contributed by atoms with Crippen LogP contribution in [0.5, 0.6) is 11.5 Å². The van der Waals surface area contributed by atoms with Crippen LogP contribution in [-0.2, 0) is 23.9 Å². The molecule has 2 aliphatic heterocycles. The van der Waals surface area contributed by atoms with Gasteiger partial charge in [0, 0.05) is 29.5 Å². The van der Waals surface area contributed by atoms with Gasteiger partial charge in [-0.3, -0.25) is 9.59 Å². The number of ether oxygens (including phenoxy) is 4. The molecule has 3 heterocycles. The van der Waals surface area contributed by atoms with Gasteiger partial charge in [0.1, 0.15) is 40.8 Å². The number of carbonyl (C=O) groups excluding carboxylic acids is 3. The number of allylic oxidation sites excluding steroid dienone is 1. The van der Waals surface area contributed by atoms with Crippen molar-refractivity contribution in [2.24, 2.45) is 5.92 Å². The number of fused-ring (bicyclic) bond motifs is 3. The van der Waals surface area contributed by atoms with Crippen molar-refractivity contribution >= 4 is 34.8 Å². The van der Waals surface area contributed by atoms with E-state index in [1.807, 2.05) is 54.6 Å². The first kappa shape index (κ1) is 35.6. The standard InChI is InChI=1S/C38H44N4O9/c1-37(2,3)51-36(47)40-30-22-49-16-10-6-9-13-24-20-38(24,35(45)46)41-33(43)31-18-26(21-42(31)34(30)44)50-32-19-28(23-11-7-5-8-12-23)39-29-17-25(48-4)14-15-27(29)32/h5-8,10-12,14-15,17,19,24,26,30-31H,9,13,16,18,20-22H2,1-4H3,(H,40,47)(H,41,43)(H,45,46)/b10-6-/t24?,26-,30+,31+,38-/m1/s1. The van der Waals surface area contributed by atoms with Crippen molar-refractivity contribution < 1.29 is 43.2 Å². The van der Waals surface area contributed by atoms with Crippen LogP contribution in [0.2, 0.25) is 0 Å². The monoisotopic (exact) mass is 700 g/mol. The lowest BCUT2D eigenvalue weighted by molar-refractivity contribution is -0.146. The van der Waals surface area contributed by atoms with E-state index >= 15 is 0 Å². The Labute approximate surface area is 296 Å². The Kier molecular flexibility index (Phi) is 10.2. The third-order valence-corrected chi connectivity index (χ3v) is 9.36. The molecule has 3 aliphatic rings. The molecule has 5 atom stereocenters. The summed E-state index contributed by atoms with van der Waals surface area (Å²) in [5.41, 5.74) is -0.0983. The predicted molar refractivity (Wildman–Crippen MR) is 187 cm³/mol. The fourth-order valence-electron chi connectivity index (χ4n) is 6.72. The first-order valence-electron chi connectivity index (χ1n) is 17.2. The van der Waals surface area contributed by atoms with E-state index in [4.69, 9.17) is 23.9 Å². The summed E-state index contributed by atoms with van der Waals surface area (Å²) in [6, 6.07) is 14.6. The average Bonchev–Trinajstić information content (AvgIpc) is 3.63. The van der Waals surface area contributed by atoms with Gasteiger partial charge in [-0.15, -0.1) is 0 Å². The van der Waals surface area contributed by atoms with Crippen molar-refractivity contribution in [1.29, 1.82) is 0 Å². The molecule has 3 amide bonds. The second-order valence-electron chi connectivity index (χ2n) is 14.2. The number of rotatable bonds is 6. The molecule has 3 aromatic rings. The number of nitrogens with zero attached hydrogens (tertiary/aromatic N) is 2. The van der Waals surface area contributed by atoms with Crippen LogP contribution in [0.15, 0.2) is 66.7 Å². The molecular formula is C38H44N4O9. The van der Waals surface area contributed by atoms with E-state index in [0.717, 1.165) is 5.56 Å². The summed E-state index contributed by atoms with van der Waals surface area (Å²) in [4.78, 5) is 60.0. The van der Waals surface area contributed by atoms with Gasteiger partial charge in [-0.1, -0.05) is 42.5 Å². The first-order valence-corrected chi connectivity index (χ1v) is 17.2. The molecule has 51 heavy (non-hydrogen) atoms. The molecule has 3 N–H and O–H groups in total. The lowest BCUT2D eigenvalue weighted by Gasteiger charge is -2.30. The van der Waals surface area contributed by atoms with Crippen molar-refractivity contribution in [3.8, 4) is 22.8 Å². The average molecular weight is 701 g/mol. The fraction of sp³-hybridized carbons (Fsp3) is 0.447. The second-order valence-corrected chi connectivity index (χ2v) is 14.2. The molecule has 1 aliphatic carbocycles. The highest BCUT2D eigenvalue weighted by Gasteiger charge is 2.62. The Bertz CT molecular complexity index is 1830. The highest BCUT2D eigenvalue weighted by atomic mass is 16.6. The topological polar surface area (TPSA) is 166 Å². The van der Waals surface area contributed by atoms with E-state index in [0.29, 0.717) is 40.9 Å². The molecular weight excluding hydrogens is 656 g/mol. The van der Waals surface area contributed by atoms with Gasteiger partial charge in [0.15, 0.2) is 0 Å².